The van der Waals surface area contributed by atoms with E-state index < -0.39 is 0 Å². The van der Waals surface area contributed by atoms with Gasteiger partial charge < -0.3 is 11.5 Å². The summed E-state index contributed by atoms with van der Waals surface area (Å²) >= 11 is 0. The van der Waals surface area contributed by atoms with Crippen LogP contribution in [0, 0.1) is 0 Å². The van der Waals surface area contributed by atoms with Crippen LogP contribution in [-0.4, -0.2) is 30.7 Å². The smallest absolute Gasteiger partial charge is 0.0542 e. The Morgan fingerprint density at radius 1 is 0.682 bits per heavy atom. The predicted molar refractivity (Wildman–Crippen MR) is 100.0 cm³/mol. The van der Waals surface area contributed by atoms with E-state index in [1.165, 1.54) is 77.0 Å². The molecule has 0 aromatic rings. The van der Waals surface area contributed by atoms with E-state index in [0.717, 1.165) is 26.1 Å². The van der Waals surface area contributed by atoms with Gasteiger partial charge in [0.1, 0.15) is 0 Å². The van der Waals surface area contributed by atoms with Crippen LogP contribution in [0.3, 0.4) is 0 Å². The second-order valence-electron chi connectivity index (χ2n) is 6.81. The molecule has 3 nitrogen and oxygen atoms in total. The summed E-state index contributed by atoms with van der Waals surface area (Å²) in [6.07, 6.45) is 18.1. The summed E-state index contributed by atoms with van der Waals surface area (Å²) in [7, 11) is 0. The zero-order valence-corrected chi connectivity index (χ0v) is 15.5. The van der Waals surface area contributed by atoms with E-state index >= 15 is 0 Å². The predicted octanol–water partition coefficient (Wildman–Crippen LogP) is 4.64. The van der Waals surface area contributed by atoms with E-state index in [1.807, 2.05) is 0 Å². The first-order chi connectivity index (χ1) is 10.7. The minimum absolute atomic E-state index is 0.166. The lowest BCUT2D eigenvalue weighted by molar-refractivity contribution is 0.207. The van der Waals surface area contributed by atoms with E-state index in [0.29, 0.717) is 0 Å². The topological polar surface area (TPSA) is 55.3 Å². The van der Waals surface area contributed by atoms with Gasteiger partial charge in [-0.05, 0) is 32.9 Å². The monoisotopic (exact) mass is 313 g/mol. The molecule has 0 fully saturated rings. The largest absolute Gasteiger partial charge is 0.330 e. The van der Waals surface area contributed by atoms with Crippen molar-refractivity contribution in [1.82, 2.24) is 4.90 Å². The summed E-state index contributed by atoms with van der Waals surface area (Å²) in [4.78, 5) is 2.36. The number of hydrogen-bond acceptors (Lipinski definition) is 3. The molecule has 0 saturated carbocycles. The van der Waals surface area contributed by atoms with Crippen LogP contribution in [0.15, 0.2) is 0 Å². The molecule has 22 heavy (non-hydrogen) atoms. The molecule has 3 heteroatoms. The number of hydrogen-bond donors (Lipinski definition) is 2. The zero-order valence-electron chi connectivity index (χ0n) is 15.5. The van der Waals surface area contributed by atoms with Crippen molar-refractivity contribution >= 4 is 0 Å². The van der Waals surface area contributed by atoms with Gasteiger partial charge in [0.05, 0.1) is 6.17 Å². The lowest BCUT2D eigenvalue weighted by Gasteiger charge is -2.25. The molecule has 0 aliphatic rings. The van der Waals surface area contributed by atoms with Crippen molar-refractivity contribution in [3.63, 3.8) is 0 Å². The van der Waals surface area contributed by atoms with Gasteiger partial charge in [-0.1, -0.05) is 77.6 Å². The van der Waals surface area contributed by atoms with Gasteiger partial charge in [0.15, 0.2) is 0 Å². The van der Waals surface area contributed by atoms with Gasteiger partial charge in [0.2, 0.25) is 0 Å². The maximum absolute atomic E-state index is 6.00. The van der Waals surface area contributed by atoms with E-state index in [4.69, 9.17) is 11.5 Å². The summed E-state index contributed by atoms with van der Waals surface area (Å²) in [6, 6.07) is 0. The van der Waals surface area contributed by atoms with Crippen molar-refractivity contribution in [3.05, 3.63) is 0 Å². The van der Waals surface area contributed by atoms with Crippen LogP contribution in [-0.2, 0) is 0 Å². The average molecular weight is 314 g/mol. The van der Waals surface area contributed by atoms with Gasteiger partial charge in [-0.2, -0.15) is 0 Å². The lowest BCUT2D eigenvalue weighted by atomic mass is 10.1. The lowest BCUT2D eigenvalue weighted by Crippen LogP contribution is -2.41. The molecule has 0 aromatic heterocycles. The summed E-state index contributed by atoms with van der Waals surface area (Å²) in [5.41, 5.74) is 11.6. The van der Waals surface area contributed by atoms with Crippen molar-refractivity contribution < 1.29 is 0 Å². The highest BCUT2D eigenvalue weighted by atomic mass is 15.2. The second kappa shape index (κ2) is 17.2. The molecule has 0 radical (unpaired) electrons. The standard InChI is InChI=1S/C19H43N3/c1-3-4-5-6-7-8-9-10-11-12-13-14-17-22(19(2)21)18-15-16-20/h19H,3-18,20-21H2,1-2H3. The van der Waals surface area contributed by atoms with Gasteiger partial charge in [-0.25, -0.2) is 0 Å². The van der Waals surface area contributed by atoms with Crippen molar-refractivity contribution in [2.75, 3.05) is 19.6 Å². The van der Waals surface area contributed by atoms with Crippen LogP contribution >= 0.6 is 0 Å². The van der Waals surface area contributed by atoms with Crippen LogP contribution in [0.25, 0.3) is 0 Å². The highest BCUT2D eigenvalue weighted by Crippen LogP contribution is 2.12. The highest BCUT2D eigenvalue weighted by molar-refractivity contribution is 4.62. The molecular weight excluding hydrogens is 270 g/mol. The quantitative estimate of drug-likeness (QED) is 0.304. The molecule has 1 atom stereocenters. The summed E-state index contributed by atoms with van der Waals surface area (Å²) in [5, 5.41) is 0. The summed E-state index contributed by atoms with van der Waals surface area (Å²) < 4.78 is 0. The second-order valence-corrected chi connectivity index (χ2v) is 6.81. The first kappa shape index (κ1) is 21.9. The number of nitrogens with two attached hydrogens (primary N) is 2. The van der Waals surface area contributed by atoms with Crippen molar-refractivity contribution in [3.8, 4) is 0 Å². The molecule has 0 aliphatic heterocycles. The Kier molecular flexibility index (Phi) is 17.1. The molecule has 0 amide bonds. The minimum Gasteiger partial charge on any atom is -0.330 e. The third kappa shape index (κ3) is 14.8. The molecule has 4 N–H and O–H groups in total. The Bertz CT molecular complexity index is 207. The summed E-state index contributed by atoms with van der Waals surface area (Å²) in [6.45, 7) is 7.31. The Morgan fingerprint density at radius 3 is 1.50 bits per heavy atom. The van der Waals surface area contributed by atoms with Gasteiger partial charge in [0.25, 0.3) is 0 Å². The van der Waals surface area contributed by atoms with E-state index in [-0.39, 0.29) is 6.17 Å². The van der Waals surface area contributed by atoms with E-state index in [2.05, 4.69) is 18.7 Å². The van der Waals surface area contributed by atoms with Gasteiger partial charge >= 0.3 is 0 Å². The summed E-state index contributed by atoms with van der Waals surface area (Å²) in [5.74, 6) is 0. The van der Waals surface area contributed by atoms with Crippen LogP contribution in [0.4, 0.5) is 0 Å². The fraction of sp³-hybridized carbons (Fsp3) is 1.00. The molecule has 0 aliphatic carbocycles. The zero-order chi connectivity index (χ0) is 16.5. The molecule has 0 aromatic carbocycles. The SMILES string of the molecule is CCCCCCCCCCCCCCN(CCCN)C(C)N. The molecule has 0 bridgehead atoms. The Labute approximate surface area is 140 Å². The van der Waals surface area contributed by atoms with Crippen molar-refractivity contribution in [1.29, 1.82) is 0 Å². The Balaban J connectivity index is 3.27. The maximum Gasteiger partial charge on any atom is 0.0542 e. The highest BCUT2D eigenvalue weighted by Gasteiger charge is 2.07. The number of nitrogens with zero attached hydrogens (tertiary/aromatic N) is 1. The van der Waals surface area contributed by atoms with Gasteiger partial charge in [0, 0.05) is 6.54 Å². The normalized spacial score (nSPS) is 13.0. The van der Waals surface area contributed by atoms with Gasteiger partial charge in [-0.3, -0.25) is 4.90 Å². The molecule has 0 spiro atoms. The van der Waals surface area contributed by atoms with E-state index in [9.17, 15) is 0 Å². The third-order valence-electron chi connectivity index (χ3n) is 4.52. The molecule has 0 heterocycles. The Morgan fingerprint density at radius 2 is 1.09 bits per heavy atom. The molecule has 1 unspecified atom stereocenters. The van der Waals surface area contributed by atoms with Crippen LogP contribution in [0.5, 0.6) is 0 Å². The van der Waals surface area contributed by atoms with Crippen LogP contribution in [0.1, 0.15) is 97.3 Å². The Hall–Kier alpha value is -0.120. The third-order valence-corrected chi connectivity index (χ3v) is 4.52. The van der Waals surface area contributed by atoms with E-state index in [1.54, 1.807) is 0 Å². The van der Waals surface area contributed by atoms with Crippen LogP contribution < -0.4 is 11.5 Å². The van der Waals surface area contributed by atoms with Crippen LogP contribution in [0.2, 0.25) is 0 Å². The average Bonchev–Trinajstić information content (AvgIpc) is 2.51. The first-order valence-corrected chi connectivity index (χ1v) is 9.92. The molecule has 0 saturated heterocycles. The molecule has 134 valence electrons. The fourth-order valence-electron chi connectivity index (χ4n) is 2.97. The minimum atomic E-state index is 0.166. The first-order valence-electron chi connectivity index (χ1n) is 9.92. The fourth-order valence-corrected chi connectivity index (χ4v) is 2.97. The van der Waals surface area contributed by atoms with Gasteiger partial charge in [-0.15, -0.1) is 0 Å². The molecule has 0 rings (SSSR count). The van der Waals surface area contributed by atoms with Crippen molar-refractivity contribution in [2.45, 2.75) is 103 Å². The number of unbranched alkanes of at least 4 members (excludes halogenated alkanes) is 11. The number of rotatable bonds is 17. The maximum atomic E-state index is 6.00. The molecular formula is C19H43N3. The van der Waals surface area contributed by atoms with Crippen molar-refractivity contribution in [2.24, 2.45) is 11.5 Å².